The lowest BCUT2D eigenvalue weighted by atomic mass is 9.97. The summed E-state index contributed by atoms with van der Waals surface area (Å²) in [5.74, 6) is 2.00. The van der Waals surface area contributed by atoms with Crippen LogP contribution in [0.15, 0.2) is 24.3 Å². The molecule has 2 aromatic rings. The van der Waals surface area contributed by atoms with Crippen LogP contribution < -0.4 is 20.1 Å². The largest absolute Gasteiger partial charge is 0.493 e. The summed E-state index contributed by atoms with van der Waals surface area (Å²) in [6.45, 7) is 6.24. The fourth-order valence-corrected chi connectivity index (χ4v) is 4.21. The monoisotopic (exact) mass is 380 g/mol. The van der Waals surface area contributed by atoms with Crippen LogP contribution in [0.3, 0.4) is 0 Å². The van der Waals surface area contributed by atoms with Gasteiger partial charge in [-0.05, 0) is 36.5 Å². The third-order valence-electron chi connectivity index (χ3n) is 5.66. The topological polar surface area (TPSA) is 59.6 Å². The molecule has 5 nitrogen and oxygen atoms in total. The van der Waals surface area contributed by atoms with Crippen molar-refractivity contribution < 1.29 is 14.3 Å². The lowest BCUT2D eigenvalue weighted by Gasteiger charge is -2.16. The maximum Gasteiger partial charge on any atom is 0.319 e. The molecule has 0 radical (unpaired) electrons. The van der Waals surface area contributed by atoms with Crippen LogP contribution in [-0.4, -0.2) is 25.8 Å². The Morgan fingerprint density at radius 3 is 2.57 bits per heavy atom. The number of carbonyl (C=O) groups excluding carboxylic acids is 1. The van der Waals surface area contributed by atoms with Gasteiger partial charge in [0, 0.05) is 41.8 Å². The minimum Gasteiger partial charge on any atom is -0.493 e. The molecule has 0 aliphatic carbocycles. The number of aryl methyl sites for hydroxylation is 2. The van der Waals surface area contributed by atoms with Crippen LogP contribution >= 0.6 is 0 Å². The van der Waals surface area contributed by atoms with Crippen LogP contribution in [0.5, 0.6) is 11.5 Å². The van der Waals surface area contributed by atoms with Gasteiger partial charge >= 0.3 is 6.03 Å². The van der Waals surface area contributed by atoms with E-state index in [1.807, 2.05) is 0 Å². The lowest BCUT2D eigenvalue weighted by molar-refractivity contribution is 0.252. The van der Waals surface area contributed by atoms with Gasteiger partial charge in [0.15, 0.2) is 0 Å². The molecule has 2 heterocycles. The van der Waals surface area contributed by atoms with Gasteiger partial charge < -0.3 is 20.1 Å². The fourth-order valence-electron chi connectivity index (χ4n) is 4.21. The third kappa shape index (κ3) is 3.53. The van der Waals surface area contributed by atoms with Gasteiger partial charge in [-0.25, -0.2) is 4.79 Å². The van der Waals surface area contributed by atoms with Crippen molar-refractivity contribution in [3.8, 4) is 11.5 Å². The van der Waals surface area contributed by atoms with Crippen molar-refractivity contribution in [2.45, 2.75) is 46.0 Å². The van der Waals surface area contributed by atoms with Crippen molar-refractivity contribution >= 4 is 11.7 Å². The van der Waals surface area contributed by atoms with E-state index in [0.29, 0.717) is 6.54 Å². The number of hydrogen-bond donors (Lipinski definition) is 2. The molecule has 0 saturated heterocycles. The highest BCUT2D eigenvalue weighted by atomic mass is 16.5. The zero-order chi connectivity index (χ0) is 19.5. The number of para-hydroxylation sites is 1. The molecule has 2 amide bonds. The smallest absolute Gasteiger partial charge is 0.319 e. The molecule has 5 heteroatoms. The van der Waals surface area contributed by atoms with Crippen molar-refractivity contribution in [2.24, 2.45) is 0 Å². The van der Waals surface area contributed by atoms with Crippen molar-refractivity contribution in [2.75, 3.05) is 25.1 Å². The number of urea groups is 1. The number of ether oxygens (including phenoxy) is 2. The van der Waals surface area contributed by atoms with Gasteiger partial charge in [-0.1, -0.05) is 32.0 Å². The summed E-state index contributed by atoms with van der Waals surface area (Å²) in [7, 11) is 0. The molecule has 2 aliphatic heterocycles. The Balaban J connectivity index is 1.43. The van der Waals surface area contributed by atoms with E-state index in [0.717, 1.165) is 62.5 Å². The summed E-state index contributed by atoms with van der Waals surface area (Å²) in [6, 6.07) is 8.17. The van der Waals surface area contributed by atoms with Crippen LogP contribution in [0.1, 0.15) is 41.7 Å². The Bertz CT molecular complexity index is 837. The number of amides is 2. The number of rotatable bonds is 6. The van der Waals surface area contributed by atoms with Gasteiger partial charge in [0.05, 0.1) is 13.2 Å². The number of benzene rings is 2. The van der Waals surface area contributed by atoms with Gasteiger partial charge in [-0.3, -0.25) is 0 Å². The van der Waals surface area contributed by atoms with Gasteiger partial charge in [0.25, 0.3) is 0 Å². The highest BCUT2D eigenvalue weighted by molar-refractivity contribution is 5.91. The van der Waals surface area contributed by atoms with Gasteiger partial charge in [-0.2, -0.15) is 0 Å². The minimum absolute atomic E-state index is 0.156. The molecule has 0 bridgehead atoms. The number of hydrogen-bond acceptors (Lipinski definition) is 3. The molecule has 4 rings (SSSR count). The van der Waals surface area contributed by atoms with Gasteiger partial charge in [0.1, 0.15) is 11.5 Å². The summed E-state index contributed by atoms with van der Waals surface area (Å²) in [5, 5.41) is 6.08. The van der Waals surface area contributed by atoms with E-state index < -0.39 is 0 Å². The van der Waals surface area contributed by atoms with E-state index in [4.69, 9.17) is 9.47 Å². The van der Waals surface area contributed by atoms with E-state index in [2.05, 4.69) is 48.7 Å². The average Bonchev–Trinajstić information content (AvgIpc) is 3.36. The van der Waals surface area contributed by atoms with Crippen molar-refractivity contribution in [3.63, 3.8) is 0 Å². The molecule has 2 aromatic carbocycles. The summed E-state index contributed by atoms with van der Waals surface area (Å²) >= 11 is 0. The highest BCUT2D eigenvalue weighted by Crippen LogP contribution is 2.40. The maximum atomic E-state index is 12.5. The van der Waals surface area contributed by atoms with E-state index >= 15 is 0 Å². The molecule has 0 aromatic heterocycles. The molecule has 28 heavy (non-hydrogen) atoms. The Kier molecular flexibility index (Phi) is 5.42. The highest BCUT2D eigenvalue weighted by Gasteiger charge is 2.26. The van der Waals surface area contributed by atoms with E-state index in [1.54, 1.807) is 0 Å². The summed E-state index contributed by atoms with van der Waals surface area (Å²) in [6.07, 6.45) is 4.38. The lowest BCUT2D eigenvalue weighted by Crippen LogP contribution is -2.31. The first-order valence-electron chi connectivity index (χ1n) is 10.3. The number of anilines is 1. The zero-order valence-electron chi connectivity index (χ0n) is 16.7. The molecule has 2 N–H and O–H groups in total. The van der Waals surface area contributed by atoms with E-state index in [9.17, 15) is 4.79 Å². The van der Waals surface area contributed by atoms with Crippen LogP contribution in [0, 0.1) is 0 Å². The predicted molar refractivity (Wildman–Crippen MR) is 111 cm³/mol. The van der Waals surface area contributed by atoms with Gasteiger partial charge in [-0.15, -0.1) is 0 Å². The van der Waals surface area contributed by atoms with Crippen LogP contribution in [0.4, 0.5) is 10.5 Å². The van der Waals surface area contributed by atoms with Crippen LogP contribution in [0.2, 0.25) is 0 Å². The first-order chi connectivity index (χ1) is 13.7. The summed E-state index contributed by atoms with van der Waals surface area (Å²) in [4.78, 5) is 12.5. The molecule has 0 fully saturated rings. The molecule has 2 aliphatic rings. The van der Waals surface area contributed by atoms with E-state index in [-0.39, 0.29) is 6.03 Å². The number of fused-ring (bicyclic) bond motifs is 2. The van der Waals surface area contributed by atoms with Crippen molar-refractivity contribution in [1.82, 2.24) is 5.32 Å². The molecule has 0 spiro atoms. The minimum atomic E-state index is -0.156. The quantitative estimate of drug-likeness (QED) is 0.795. The Morgan fingerprint density at radius 2 is 1.82 bits per heavy atom. The Hall–Kier alpha value is -2.69. The summed E-state index contributed by atoms with van der Waals surface area (Å²) < 4.78 is 11.7. The fraction of sp³-hybridized carbons (Fsp3) is 0.435. The second-order valence-corrected chi connectivity index (χ2v) is 7.31. The maximum absolute atomic E-state index is 12.5. The van der Waals surface area contributed by atoms with E-state index in [1.165, 1.54) is 27.8 Å². The zero-order valence-corrected chi connectivity index (χ0v) is 16.7. The molecular weight excluding hydrogens is 352 g/mol. The Labute approximate surface area is 166 Å². The second kappa shape index (κ2) is 8.13. The average molecular weight is 380 g/mol. The molecule has 0 unspecified atom stereocenters. The first kappa shape index (κ1) is 18.7. The number of nitrogens with one attached hydrogen (secondary N) is 2. The molecule has 148 valence electrons. The van der Waals surface area contributed by atoms with Crippen LogP contribution in [0.25, 0.3) is 0 Å². The SMILES string of the molecule is CCc1cccc(CC)c1NC(=O)NCCc1c2c(cc3c1OCC3)OCC2. The molecular formula is C23H28N2O3. The van der Waals surface area contributed by atoms with Crippen molar-refractivity contribution in [1.29, 1.82) is 0 Å². The molecule has 0 atom stereocenters. The van der Waals surface area contributed by atoms with Crippen molar-refractivity contribution in [3.05, 3.63) is 52.1 Å². The summed E-state index contributed by atoms with van der Waals surface area (Å²) in [5.41, 5.74) is 6.95. The second-order valence-electron chi connectivity index (χ2n) is 7.31. The molecule has 0 saturated carbocycles. The standard InChI is InChI=1S/C23H28N2O3/c1-3-15-6-5-7-16(4-2)21(15)25-23(26)24-11-8-19-18-10-13-27-20(18)14-17-9-12-28-22(17)19/h5-7,14H,3-4,8-13H2,1-2H3,(H2,24,25,26). The van der Waals surface area contributed by atoms with Gasteiger partial charge in [0.2, 0.25) is 0 Å². The predicted octanol–water partition coefficient (Wildman–Crippen LogP) is 4.05. The first-order valence-corrected chi connectivity index (χ1v) is 10.3. The number of carbonyl (C=O) groups is 1. The normalized spacial score (nSPS) is 14.1. The Morgan fingerprint density at radius 1 is 1.07 bits per heavy atom. The third-order valence-corrected chi connectivity index (χ3v) is 5.66. The van der Waals surface area contributed by atoms with Crippen LogP contribution in [-0.2, 0) is 32.1 Å².